The maximum absolute atomic E-state index is 12.9. The number of fused-ring (bicyclic) bond motifs is 1. The summed E-state index contributed by atoms with van der Waals surface area (Å²) < 4.78 is 25.3. The summed E-state index contributed by atoms with van der Waals surface area (Å²) in [6, 6.07) is 12.2. The Bertz CT molecular complexity index is 1000. The molecule has 0 unspecified atom stereocenters. The second kappa shape index (κ2) is 9.66. The molecular weight excluding hydrogens is 423 g/mol. The molecule has 1 saturated heterocycles. The van der Waals surface area contributed by atoms with E-state index in [1.165, 1.54) is 23.5 Å². The zero-order valence-electron chi connectivity index (χ0n) is 16.7. The van der Waals surface area contributed by atoms with Gasteiger partial charge in [-0.2, -0.15) is 0 Å². The topological polar surface area (TPSA) is 51.7 Å². The molecule has 0 atom stereocenters. The Morgan fingerprint density at radius 3 is 2.73 bits per heavy atom. The van der Waals surface area contributed by atoms with Gasteiger partial charge in [0.15, 0.2) is 0 Å². The first-order chi connectivity index (χ1) is 14.6. The molecule has 1 aliphatic rings. The van der Waals surface area contributed by atoms with E-state index in [9.17, 15) is 9.18 Å². The minimum Gasteiger partial charge on any atom is -0.497 e. The predicted octanol–water partition coefficient (Wildman–Crippen LogP) is 5.00. The van der Waals surface area contributed by atoms with Crippen molar-refractivity contribution in [3.8, 4) is 10.9 Å². The van der Waals surface area contributed by atoms with Crippen LogP contribution in [0.25, 0.3) is 10.2 Å². The number of likely N-dealkylation sites (tertiary alicyclic amines) is 1. The maximum atomic E-state index is 12.9. The average molecular weight is 447 g/mol. The summed E-state index contributed by atoms with van der Waals surface area (Å²) in [5.41, 5.74) is 0.905. The highest BCUT2D eigenvalue weighted by Crippen LogP contribution is 2.32. The molecule has 0 N–H and O–H groups in total. The summed E-state index contributed by atoms with van der Waals surface area (Å²) in [6.45, 7) is 1.40. The number of carbonyl (C=O) groups is 1. The molecule has 4 rings (SSSR count). The third kappa shape index (κ3) is 5.23. The number of rotatable bonds is 7. The summed E-state index contributed by atoms with van der Waals surface area (Å²) in [4.78, 5) is 19.9. The van der Waals surface area contributed by atoms with Gasteiger partial charge in [-0.25, -0.2) is 9.37 Å². The van der Waals surface area contributed by atoms with Crippen LogP contribution in [0.1, 0.15) is 19.3 Å². The fraction of sp³-hybridized carbons (Fsp3) is 0.364. The highest BCUT2D eigenvalue weighted by molar-refractivity contribution is 7.99. The van der Waals surface area contributed by atoms with Crippen LogP contribution in [-0.4, -0.2) is 47.8 Å². The number of piperidine rings is 1. The molecule has 1 aromatic heterocycles. The Morgan fingerprint density at radius 1 is 1.23 bits per heavy atom. The number of amides is 1. The monoisotopic (exact) mass is 446 g/mol. The van der Waals surface area contributed by atoms with E-state index >= 15 is 0 Å². The molecule has 1 amide bonds. The minimum atomic E-state index is -0.244. The van der Waals surface area contributed by atoms with Crippen LogP contribution in [-0.2, 0) is 4.79 Å². The van der Waals surface area contributed by atoms with E-state index in [1.54, 1.807) is 31.0 Å². The molecule has 0 aliphatic carbocycles. The SMILES string of the molecule is COc1ccc2nc(OC3CCN(C(=O)CCSc4ccc(F)cc4)CC3)sc2c1. The third-order valence-corrected chi connectivity index (χ3v) is 6.96. The van der Waals surface area contributed by atoms with Gasteiger partial charge in [0.2, 0.25) is 5.91 Å². The van der Waals surface area contributed by atoms with Crippen LogP contribution in [0.4, 0.5) is 4.39 Å². The molecular formula is C22H23FN2O3S2. The highest BCUT2D eigenvalue weighted by Gasteiger charge is 2.24. The van der Waals surface area contributed by atoms with Crippen molar-refractivity contribution in [2.24, 2.45) is 0 Å². The van der Waals surface area contributed by atoms with Gasteiger partial charge in [-0.3, -0.25) is 4.79 Å². The number of aromatic nitrogens is 1. The predicted molar refractivity (Wildman–Crippen MR) is 118 cm³/mol. The summed E-state index contributed by atoms with van der Waals surface area (Å²) in [5.74, 6) is 1.42. The van der Waals surface area contributed by atoms with Gasteiger partial charge >= 0.3 is 0 Å². The van der Waals surface area contributed by atoms with Crippen LogP contribution >= 0.6 is 23.1 Å². The lowest BCUT2D eigenvalue weighted by molar-refractivity contribution is -0.132. The molecule has 1 fully saturated rings. The van der Waals surface area contributed by atoms with E-state index in [2.05, 4.69) is 4.98 Å². The van der Waals surface area contributed by atoms with E-state index in [0.717, 1.165) is 33.7 Å². The molecule has 5 nitrogen and oxygen atoms in total. The zero-order chi connectivity index (χ0) is 20.9. The Labute approximate surface area is 183 Å². The fourth-order valence-electron chi connectivity index (χ4n) is 3.37. The van der Waals surface area contributed by atoms with E-state index < -0.39 is 0 Å². The Balaban J connectivity index is 1.22. The van der Waals surface area contributed by atoms with Crippen LogP contribution < -0.4 is 9.47 Å². The van der Waals surface area contributed by atoms with Gasteiger partial charge in [-0.05, 0) is 42.5 Å². The largest absolute Gasteiger partial charge is 0.497 e. The van der Waals surface area contributed by atoms with Crippen LogP contribution in [0, 0.1) is 5.82 Å². The molecule has 3 aromatic rings. The van der Waals surface area contributed by atoms with Gasteiger partial charge < -0.3 is 14.4 Å². The first-order valence-electron chi connectivity index (χ1n) is 9.88. The van der Waals surface area contributed by atoms with E-state index in [4.69, 9.17) is 9.47 Å². The molecule has 8 heteroatoms. The summed E-state index contributed by atoms with van der Waals surface area (Å²) in [7, 11) is 1.65. The smallest absolute Gasteiger partial charge is 0.274 e. The Kier molecular flexibility index (Phi) is 6.74. The van der Waals surface area contributed by atoms with Crippen LogP contribution in [0.2, 0.25) is 0 Å². The van der Waals surface area contributed by atoms with Crippen molar-refractivity contribution in [2.45, 2.75) is 30.3 Å². The number of methoxy groups -OCH3 is 1. The van der Waals surface area contributed by atoms with Gasteiger partial charge in [0.1, 0.15) is 17.7 Å². The number of benzene rings is 2. The van der Waals surface area contributed by atoms with Gasteiger partial charge in [-0.15, -0.1) is 11.8 Å². The standard InChI is InChI=1S/C22H23FN2O3S2/c1-27-17-4-7-19-20(14-17)30-22(24-19)28-16-8-11-25(12-9-16)21(26)10-13-29-18-5-2-15(23)3-6-18/h2-7,14,16H,8-13H2,1H3. The number of halogens is 1. The Hall–Kier alpha value is -2.32. The number of carbonyl (C=O) groups excluding carboxylic acids is 1. The second-order valence-corrected chi connectivity index (χ2v) is 9.23. The summed E-state index contributed by atoms with van der Waals surface area (Å²) >= 11 is 3.09. The van der Waals surface area contributed by atoms with Gasteiger partial charge in [0.05, 0.1) is 17.3 Å². The van der Waals surface area contributed by atoms with E-state index in [0.29, 0.717) is 30.5 Å². The van der Waals surface area contributed by atoms with E-state index in [-0.39, 0.29) is 17.8 Å². The van der Waals surface area contributed by atoms with Crippen molar-refractivity contribution in [2.75, 3.05) is 26.0 Å². The normalized spacial score (nSPS) is 14.8. The van der Waals surface area contributed by atoms with E-state index in [1.807, 2.05) is 23.1 Å². The van der Waals surface area contributed by atoms with Crippen LogP contribution in [0.3, 0.4) is 0 Å². The second-order valence-electron chi connectivity index (χ2n) is 7.06. The lowest BCUT2D eigenvalue weighted by Gasteiger charge is -2.31. The van der Waals surface area contributed by atoms with Gasteiger partial charge in [-0.1, -0.05) is 11.3 Å². The first kappa shape index (κ1) is 20.9. The average Bonchev–Trinajstić information content (AvgIpc) is 3.17. The quantitative estimate of drug-likeness (QED) is 0.478. The van der Waals surface area contributed by atoms with Gasteiger partial charge in [0.25, 0.3) is 5.19 Å². The molecule has 2 heterocycles. The number of hydrogen-bond donors (Lipinski definition) is 0. The molecule has 158 valence electrons. The van der Waals surface area contributed by atoms with Crippen molar-refractivity contribution in [1.29, 1.82) is 0 Å². The summed E-state index contributed by atoms with van der Waals surface area (Å²) in [5, 5.41) is 0.665. The molecule has 30 heavy (non-hydrogen) atoms. The molecule has 0 radical (unpaired) electrons. The minimum absolute atomic E-state index is 0.0742. The zero-order valence-corrected chi connectivity index (χ0v) is 18.3. The van der Waals surface area contributed by atoms with Crippen LogP contribution in [0.5, 0.6) is 10.9 Å². The first-order valence-corrected chi connectivity index (χ1v) is 11.7. The number of hydrogen-bond acceptors (Lipinski definition) is 6. The summed E-state index contributed by atoms with van der Waals surface area (Å²) in [6.07, 6.45) is 2.16. The van der Waals surface area contributed by atoms with Crippen LogP contribution in [0.15, 0.2) is 47.4 Å². The van der Waals surface area contributed by atoms with Gasteiger partial charge in [0, 0.05) is 43.0 Å². The molecule has 0 bridgehead atoms. The number of nitrogens with zero attached hydrogens (tertiary/aromatic N) is 2. The van der Waals surface area contributed by atoms with Crippen molar-refractivity contribution in [3.05, 3.63) is 48.3 Å². The number of ether oxygens (including phenoxy) is 2. The van der Waals surface area contributed by atoms with Crippen molar-refractivity contribution in [3.63, 3.8) is 0 Å². The maximum Gasteiger partial charge on any atom is 0.274 e. The highest BCUT2D eigenvalue weighted by atomic mass is 32.2. The number of thiazole rings is 1. The molecule has 0 spiro atoms. The lowest BCUT2D eigenvalue weighted by atomic mass is 10.1. The van der Waals surface area contributed by atoms with Crippen molar-refractivity contribution in [1.82, 2.24) is 9.88 Å². The fourth-order valence-corrected chi connectivity index (χ4v) is 5.12. The molecule has 1 aliphatic heterocycles. The molecule has 0 saturated carbocycles. The molecule has 2 aromatic carbocycles. The third-order valence-electron chi connectivity index (χ3n) is 5.04. The van der Waals surface area contributed by atoms with Crippen molar-refractivity contribution < 1.29 is 18.7 Å². The Morgan fingerprint density at radius 2 is 2.00 bits per heavy atom. The van der Waals surface area contributed by atoms with Crippen molar-refractivity contribution >= 4 is 39.2 Å². The number of thioether (sulfide) groups is 1. The lowest BCUT2D eigenvalue weighted by Crippen LogP contribution is -2.41.